The number of rotatable bonds is 1. The van der Waals surface area contributed by atoms with Crippen LogP contribution >= 0.6 is 0 Å². The summed E-state index contributed by atoms with van der Waals surface area (Å²) in [5.41, 5.74) is 4.64. The molecule has 0 atom stereocenters. The Hall–Kier alpha value is -1.65. The minimum absolute atomic E-state index is 0.774. The summed E-state index contributed by atoms with van der Waals surface area (Å²) < 4.78 is 0. The largest absolute Gasteiger partial charge is 0.282 e. The van der Waals surface area contributed by atoms with E-state index < -0.39 is 0 Å². The normalized spacial score (nSPS) is 16.1. The number of nitrogens with two attached hydrogens (primary N) is 1. The Balaban J connectivity index is 2.07. The van der Waals surface area contributed by atoms with Gasteiger partial charge in [-0.25, -0.2) is 5.01 Å². The molecule has 1 aromatic carbocycles. The molecule has 0 bridgehead atoms. The second kappa shape index (κ2) is 3.73. The lowest BCUT2D eigenvalue weighted by molar-refractivity contribution is 0.262. The van der Waals surface area contributed by atoms with Crippen LogP contribution in [0.3, 0.4) is 0 Å². The van der Waals surface area contributed by atoms with Gasteiger partial charge >= 0.3 is 0 Å². The molecule has 16 heavy (non-hydrogen) atoms. The zero-order valence-electron chi connectivity index (χ0n) is 8.98. The second-order valence-electron chi connectivity index (χ2n) is 4.12. The van der Waals surface area contributed by atoms with Crippen LogP contribution in [0.1, 0.15) is 11.3 Å². The van der Waals surface area contributed by atoms with Crippen molar-refractivity contribution in [3.8, 4) is 11.3 Å². The van der Waals surface area contributed by atoms with Crippen molar-refractivity contribution in [2.24, 2.45) is 5.84 Å². The summed E-state index contributed by atoms with van der Waals surface area (Å²) in [5, 5.41) is 9.35. The van der Waals surface area contributed by atoms with Gasteiger partial charge in [0.05, 0.1) is 5.69 Å². The number of benzene rings is 1. The molecule has 0 fully saturated rings. The predicted molar refractivity (Wildman–Crippen MR) is 62.3 cm³/mol. The van der Waals surface area contributed by atoms with E-state index in [1.165, 1.54) is 11.3 Å². The zero-order valence-corrected chi connectivity index (χ0v) is 8.98. The van der Waals surface area contributed by atoms with Crippen LogP contribution in [0, 0.1) is 0 Å². The molecule has 0 unspecified atom stereocenters. The lowest BCUT2D eigenvalue weighted by atomic mass is 10.0. The monoisotopic (exact) mass is 214 g/mol. The molecular formula is C12H14N4. The molecule has 0 aliphatic carbocycles. The van der Waals surface area contributed by atoms with Crippen LogP contribution < -0.4 is 5.84 Å². The zero-order chi connectivity index (χ0) is 11.0. The minimum atomic E-state index is 0.774. The number of nitrogens with zero attached hydrogens (tertiary/aromatic N) is 2. The molecule has 0 spiro atoms. The summed E-state index contributed by atoms with van der Waals surface area (Å²) in [6, 6.07) is 10.2. The van der Waals surface area contributed by atoms with Crippen molar-refractivity contribution in [1.82, 2.24) is 15.2 Å². The topological polar surface area (TPSA) is 57.9 Å². The Morgan fingerprint density at radius 1 is 1.25 bits per heavy atom. The van der Waals surface area contributed by atoms with Gasteiger partial charge in [0, 0.05) is 36.3 Å². The van der Waals surface area contributed by atoms with E-state index in [1.54, 1.807) is 0 Å². The van der Waals surface area contributed by atoms with Gasteiger partial charge < -0.3 is 0 Å². The third-order valence-corrected chi connectivity index (χ3v) is 3.01. The highest BCUT2D eigenvalue weighted by Gasteiger charge is 2.20. The molecule has 1 aromatic heterocycles. The molecule has 0 radical (unpaired) electrons. The van der Waals surface area contributed by atoms with E-state index in [0.717, 1.165) is 30.8 Å². The fourth-order valence-electron chi connectivity index (χ4n) is 2.15. The highest BCUT2D eigenvalue weighted by molar-refractivity contribution is 5.64. The molecule has 0 saturated carbocycles. The summed E-state index contributed by atoms with van der Waals surface area (Å²) in [7, 11) is 0. The van der Waals surface area contributed by atoms with Crippen LogP contribution in [0.25, 0.3) is 11.3 Å². The van der Waals surface area contributed by atoms with Crippen molar-refractivity contribution in [1.29, 1.82) is 0 Å². The Labute approximate surface area is 94.0 Å². The van der Waals surface area contributed by atoms with Crippen LogP contribution in [0.2, 0.25) is 0 Å². The van der Waals surface area contributed by atoms with Crippen LogP contribution in [0.4, 0.5) is 0 Å². The molecule has 0 saturated heterocycles. The fraction of sp³-hybridized carbons (Fsp3) is 0.250. The maximum Gasteiger partial charge on any atom is 0.0969 e. The maximum absolute atomic E-state index is 5.85. The van der Waals surface area contributed by atoms with Crippen molar-refractivity contribution in [3.63, 3.8) is 0 Å². The van der Waals surface area contributed by atoms with Gasteiger partial charge in [0.25, 0.3) is 0 Å². The first-order valence-corrected chi connectivity index (χ1v) is 5.46. The minimum Gasteiger partial charge on any atom is -0.282 e. The van der Waals surface area contributed by atoms with Crippen molar-refractivity contribution in [3.05, 3.63) is 41.6 Å². The lowest BCUT2D eigenvalue weighted by Gasteiger charge is -2.21. The van der Waals surface area contributed by atoms with E-state index >= 15 is 0 Å². The third-order valence-electron chi connectivity index (χ3n) is 3.01. The van der Waals surface area contributed by atoms with E-state index in [2.05, 4.69) is 22.3 Å². The van der Waals surface area contributed by atoms with Gasteiger partial charge in [-0.2, -0.15) is 5.10 Å². The number of aromatic nitrogens is 2. The molecule has 2 aromatic rings. The molecule has 3 rings (SSSR count). The fourth-order valence-corrected chi connectivity index (χ4v) is 2.15. The van der Waals surface area contributed by atoms with Gasteiger partial charge in [-0.3, -0.25) is 10.9 Å². The van der Waals surface area contributed by atoms with E-state index in [1.807, 2.05) is 23.2 Å². The van der Waals surface area contributed by atoms with Crippen molar-refractivity contribution < 1.29 is 0 Å². The molecular weight excluding hydrogens is 200 g/mol. The van der Waals surface area contributed by atoms with Crippen LogP contribution in [-0.4, -0.2) is 21.8 Å². The van der Waals surface area contributed by atoms with Gasteiger partial charge in [0.15, 0.2) is 0 Å². The highest BCUT2D eigenvalue weighted by Crippen LogP contribution is 2.26. The number of hydrazine groups is 1. The van der Waals surface area contributed by atoms with E-state index in [4.69, 9.17) is 5.84 Å². The Kier molecular flexibility index (Phi) is 2.23. The van der Waals surface area contributed by atoms with E-state index in [-0.39, 0.29) is 0 Å². The number of nitrogens with one attached hydrogen (secondary N) is 1. The molecule has 2 heterocycles. The van der Waals surface area contributed by atoms with Gasteiger partial charge in [0.1, 0.15) is 0 Å². The van der Waals surface area contributed by atoms with Crippen LogP contribution in [0.5, 0.6) is 0 Å². The average Bonchev–Trinajstić information content (AvgIpc) is 2.73. The molecule has 0 amide bonds. The van der Waals surface area contributed by atoms with Gasteiger partial charge in [-0.1, -0.05) is 30.3 Å². The van der Waals surface area contributed by atoms with Crippen molar-refractivity contribution in [2.45, 2.75) is 13.0 Å². The van der Waals surface area contributed by atoms with Crippen LogP contribution in [-0.2, 0) is 13.0 Å². The predicted octanol–water partition coefficient (Wildman–Crippen LogP) is 1.31. The molecule has 4 nitrogen and oxygen atoms in total. The average molecular weight is 214 g/mol. The van der Waals surface area contributed by atoms with Gasteiger partial charge in [-0.05, 0) is 0 Å². The number of aromatic amines is 1. The molecule has 1 aliphatic heterocycles. The highest BCUT2D eigenvalue weighted by atomic mass is 15.4. The Morgan fingerprint density at radius 2 is 2.06 bits per heavy atom. The number of H-pyrrole nitrogens is 1. The first-order valence-electron chi connectivity index (χ1n) is 5.46. The first-order chi connectivity index (χ1) is 7.84. The smallest absolute Gasteiger partial charge is 0.0969 e. The summed E-state index contributed by atoms with van der Waals surface area (Å²) >= 11 is 0. The van der Waals surface area contributed by atoms with E-state index in [0.29, 0.717) is 0 Å². The van der Waals surface area contributed by atoms with Crippen LogP contribution in [0.15, 0.2) is 30.3 Å². The first kappa shape index (κ1) is 9.57. The summed E-state index contributed by atoms with van der Waals surface area (Å²) in [6.07, 6.45) is 0.950. The Bertz CT molecular complexity index is 489. The van der Waals surface area contributed by atoms with Gasteiger partial charge in [-0.15, -0.1) is 0 Å². The third kappa shape index (κ3) is 1.52. The molecule has 1 aliphatic rings. The SMILES string of the molecule is NN1CCc2[nH]nc(-c3ccccc3)c2C1. The van der Waals surface area contributed by atoms with E-state index in [9.17, 15) is 0 Å². The standard InChI is InChI=1S/C12H14N4/c13-16-7-6-11-10(8-16)12(15-14-11)9-4-2-1-3-5-9/h1-5H,6-8,13H2,(H,14,15). The molecule has 4 heteroatoms. The van der Waals surface area contributed by atoms with Crippen molar-refractivity contribution >= 4 is 0 Å². The Morgan fingerprint density at radius 3 is 2.88 bits per heavy atom. The molecule has 82 valence electrons. The van der Waals surface area contributed by atoms with Gasteiger partial charge in [0.2, 0.25) is 0 Å². The second-order valence-corrected chi connectivity index (χ2v) is 4.12. The summed E-state index contributed by atoms with van der Waals surface area (Å²) in [5.74, 6) is 5.85. The number of hydrogen-bond donors (Lipinski definition) is 2. The van der Waals surface area contributed by atoms with Crippen molar-refractivity contribution in [2.75, 3.05) is 6.54 Å². The number of fused-ring (bicyclic) bond motifs is 1. The quantitative estimate of drug-likeness (QED) is 0.704. The number of hydrogen-bond acceptors (Lipinski definition) is 3. The summed E-state index contributed by atoms with van der Waals surface area (Å²) in [6.45, 7) is 1.67. The lowest BCUT2D eigenvalue weighted by Crippen LogP contribution is -2.36. The maximum atomic E-state index is 5.85. The summed E-state index contributed by atoms with van der Waals surface area (Å²) in [4.78, 5) is 0. The molecule has 3 N–H and O–H groups in total.